The van der Waals surface area contributed by atoms with Gasteiger partial charge in [-0.15, -0.1) is 11.8 Å². The Morgan fingerprint density at radius 1 is 1.13 bits per heavy atom. The van der Waals surface area contributed by atoms with Gasteiger partial charge in [0.05, 0.1) is 10.7 Å². The summed E-state index contributed by atoms with van der Waals surface area (Å²) in [5, 5.41) is 14.6. The van der Waals surface area contributed by atoms with Crippen LogP contribution in [0.2, 0.25) is 0 Å². The summed E-state index contributed by atoms with van der Waals surface area (Å²) in [4.78, 5) is 15.7. The maximum atomic E-state index is 10.6. The number of hydrogen-bond donors (Lipinski definition) is 0. The first-order chi connectivity index (χ1) is 11.1. The number of non-ortho nitro benzene ring substituents is 1. The molecule has 0 aliphatic heterocycles. The Labute approximate surface area is 136 Å². The minimum atomic E-state index is -0.441. The van der Waals surface area contributed by atoms with Crippen molar-refractivity contribution in [2.45, 2.75) is 17.6 Å². The zero-order chi connectivity index (χ0) is 16.2. The van der Waals surface area contributed by atoms with Gasteiger partial charge >= 0.3 is 0 Å². The van der Waals surface area contributed by atoms with Crippen molar-refractivity contribution in [2.24, 2.45) is 0 Å². The molecule has 0 N–H and O–H groups in total. The van der Waals surface area contributed by atoms with Crippen molar-refractivity contribution < 1.29 is 9.45 Å². The van der Waals surface area contributed by atoms with Crippen LogP contribution < -0.4 is 0 Å². The SMILES string of the molecule is Cc1ccc(SCc2nc(-c3ccc([N+](=O)[O-])cc3)no2)cc1. The van der Waals surface area contributed by atoms with Crippen LogP contribution in [0.5, 0.6) is 0 Å². The Kier molecular flexibility index (Phi) is 4.38. The monoisotopic (exact) mass is 327 g/mol. The lowest BCUT2D eigenvalue weighted by molar-refractivity contribution is -0.384. The molecule has 0 aliphatic carbocycles. The maximum Gasteiger partial charge on any atom is 0.269 e. The largest absolute Gasteiger partial charge is 0.338 e. The van der Waals surface area contributed by atoms with Crippen molar-refractivity contribution in [3.63, 3.8) is 0 Å². The second-order valence-corrected chi connectivity index (χ2v) is 5.97. The molecule has 0 atom stereocenters. The minimum Gasteiger partial charge on any atom is -0.338 e. The highest BCUT2D eigenvalue weighted by Crippen LogP contribution is 2.24. The Morgan fingerprint density at radius 2 is 1.83 bits per heavy atom. The summed E-state index contributed by atoms with van der Waals surface area (Å²) in [6, 6.07) is 14.3. The van der Waals surface area contributed by atoms with Gasteiger partial charge in [0.25, 0.3) is 5.69 Å². The minimum absolute atomic E-state index is 0.0346. The molecule has 3 rings (SSSR count). The van der Waals surface area contributed by atoms with Crippen molar-refractivity contribution in [1.82, 2.24) is 10.1 Å². The van der Waals surface area contributed by atoms with E-state index in [2.05, 4.69) is 22.3 Å². The number of rotatable bonds is 5. The standard InChI is InChI=1S/C16H13N3O3S/c1-11-2-8-14(9-3-11)23-10-15-17-16(18-22-15)12-4-6-13(7-5-12)19(20)21/h2-9H,10H2,1H3. The van der Waals surface area contributed by atoms with Gasteiger partial charge in [0.1, 0.15) is 0 Å². The van der Waals surface area contributed by atoms with E-state index in [4.69, 9.17) is 4.52 Å². The molecule has 0 aliphatic rings. The van der Waals surface area contributed by atoms with E-state index in [0.717, 1.165) is 4.90 Å². The first-order valence-electron chi connectivity index (χ1n) is 6.89. The molecule has 0 spiro atoms. The van der Waals surface area contributed by atoms with Gasteiger partial charge in [0, 0.05) is 22.6 Å². The first-order valence-corrected chi connectivity index (χ1v) is 7.87. The molecule has 116 valence electrons. The third kappa shape index (κ3) is 3.75. The number of nitro groups is 1. The fourth-order valence-corrected chi connectivity index (χ4v) is 2.68. The predicted molar refractivity (Wildman–Crippen MR) is 87.1 cm³/mol. The summed E-state index contributed by atoms with van der Waals surface area (Å²) in [7, 11) is 0. The molecule has 0 unspecified atom stereocenters. The van der Waals surface area contributed by atoms with E-state index in [0.29, 0.717) is 23.0 Å². The van der Waals surface area contributed by atoms with Crippen LogP contribution >= 0.6 is 11.8 Å². The highest BCUT2D eigenvalue weighted by Gasteiger charge is 2.11. The summed E-state index contributed by atoms with van der Waals surface area (Å²) in [6.07, 6.45) is 0. The molecule has 0 radical (unpaired) electrons. The molecular formula is C16H13N3O3S. The van der Waals surface area contributed by atoms with E-state index in [1.165, 1.54) is 17.7 Å². The molecule has 2 aromatic carbocycles. The molecule has 0 amide bonds. The highest BCUT2D eigenvalue weighted by atomic mass is 32.2. The molecule has 7 heteroatoms. The average Bonchev–Trinajstić information content (AvgIpc) is 3.03. The van der Waals surface area contributed by atoms with E-state index in [9.17, 15) is 10.1 Å². The number of benzene rings is 2. The smallest absolute Gasteiger partial charge is 0.269 e. The summed E-state index contributed by atoms with van der Waals surface area (Å²) in [6.45, 7) is 2.04. The van der Waals surface area contributed by atoms with Crippen molar-refractivity contribution >= 4 is 17.4 Å². The predicted octanol–water partition coefficient (Wildman–Crippen LogP) is 4.25. The second kappa shape index (κ2) is 6.62. The van der Waals surface area contributed by atoms with E-state index in [-0.39, 0.29) is 5.69 Å². The molecule has 23 heavy (non-hydrogen) atoms. The molecule has 0 bridgehead atoms. The van der Waals surface area contributed by atoms with Crippen LogP contribution in [0.25, 0.3) is 11.4 Å². The van der Waals surface area contributed by atoms with E-state index in [1.807, 2.05) is 19.1 Å². The lowest BCUT2D eigenvalue weighted by Crippen LogP contribution is -1.88. The van der Waals surface area contributed by atoms with Crippen LogP contribution in [-0.4, -0.2) is 15.1 Å². The zero-order valence-corrected chi connectivity index (χ0v) is 13.1. The number of aromatic nitrogens is 2. The quantitative estimate of drug-likeness (QED) is 0.396. The summed E-state index contributed by atoms with van der Waals surface area (Å²) >= 11 is 1.61. The lowest BCUT2D eigenvalue weighted by Gasteiger charge is -1.98. The van der Waals surface area contributed by atoms with Crippen LogP contribution in [0.15, 0.2) is 57.9 Å². The fraction of sp³-hybridized carbons (Fsp3) is 0.125. The van der Waals surface area contributed by atoms with Crippen molar-refractivity contribution in [3.05, 3.63) is 70.1 Å². The van der Waals surface area contributed by atoms with Crippen molar-refractivity contribution in [3.8, 4) is 11.4 Å². The summed E-state index contributed by atoms with van der Waals surface area (Å²) in [5.74, 6) is 1.52. The number of nitro benzene ring substituents is 1. The molecule has 0 saturated carbocycles. The molecular weight excluding hydrogens is 314 g/mol. The highest BCUT2D eigenvalue weighted by molar-refractivity contribution is 7.98. The van der Waals surface area contributed by atoms with Gasteiger partial charge in [-0.3, -0.25) is 10.1 Å². The Hall–Kier alpha value is -2.67. The van der Waals surface area contributed by atoms with Gasteiger partial charge < -0.3 is 4.52 Å². The number of nitrogens with zero attached hydrogens (tertiary/aromatic N) is 3. The van der Waals surface area contributed by atoms with Gasteiger partial charge in [-0.2, -0.15) is 4.98 Å². The van der Waals surface area contributed by atoms with Crippen LogP contribution in [0.3, 0.4) is 0 Å². The molecule has 0 saturated heterocycles. The van der Waals surface area contributed by atoms with Gasteiger partial charge in [-0.05, 0) is 31.2 Å². The molecule has 1 aromatic heterocycles. The molecule has 6 nitrogen and oxygen atoms in total. The maximum absolute atomic E-state index is 10.6. The third-order valence-electron chi connectivity index (χ3n) is 3.19. The number of thioether (sulfide) groups is 1. The van der Waals surface area contributed by atoms with Crippen LogP contribution in [0.1, 0.15) is 11.5 Å². The average molecular weight is 327 g/mol. The summed E-state index contributed by atoms with van der Waals surface area (Å²) < 4.78 is 5.23. The topological polar surface area (TPSA) is 82.1 Å². The van der Waals surface area contributed by atoms with E-state index in [1.54, 1.807) is 23.9 Å². The second-order valence-electron chi connectivity index (χ2n) is 4.92. The van der Waals surface area contributed by atoms with Gasteiger partial charge in [0.15, 0.2) is 0 Å². The lowest BCUT2D eigenvalue weighted by atomic mass is 10.2. The van der Waals surface area contributed by atoms with Crippen molar-refractivity contribution in [2.75, 3.05) is 0 Å². The van der Waals surface area contributed by atoms with Gasteiger partial charge in [-0.1, -0.05) is 22.9 Å². The first kappa shape index (κ1) is 15.2. The van der Waals surface area contributed by atoms with E-state index >= 15 is 0 Å². The number of aryl methyl sites for hydroxylation is 1. The molecule has 3 aromatic rings. The van der Waals surface area contributed by atoms with Gasteiger partial charge in [0.2, 0.25) is 11.7 Å². The summed E-state index contributed by atoms with van der Waals surface area (Å²) in [5.41, 5.74) is 1.94. The third-order valence-corrected chi connectivity index (χ3v) is 4.18. The Morgan fingerprint density at radius 3 is 2.48 bits per heavy atom. The van der Waals surface area contributed by atoms with Gasteiger partial charge in [-0.25, -0.2) is 0 Å². The molecule has 0 fully saturated rings. The zero-order valence-electron chi connectivity index (χ0n) is 12.3. The Balaban J connectivity index is 1.67. The molecule has 1 heterocycles. The van der Waals surface area contributed by atoms with Crippen molar-refractivity contribution in [1.29, 1.82) is 0 Å². The van der Waals surface area contributed by atoms with Crippen LogP contribution in [0.4, 0.5) is 5.69 Å². The number of hydrogen-bond acceptors (Lipinski definition) is 6. The van der Waals surface area contributed by atoms with Crippen LogP contribution in [-0.2, 0) is 5.75 Å². The Bertz CT molecular complexity index is 813. The fourth-order valence-electron chi connectivity index (χ4n) is 1.94. The van der Waals surface area contributed by atoms with Crippen LogP contribution in [0, 0.1) is 17.0 Å². The van der Waals surface area contributed by atoms with E-state index < -0.39 is 4.92 Å². The normalized spacial score (nSPS) is 10.7.